The lowest BCUT2D eigenvalue weighted by Gasteiger charge is -2.37. The van der Waals surface area contributed by atoms with Crippen LogP contribution in [0.2, 0.25) is 0 Å². The Labute approximate surface area is 192 Å². The first kappa shape index (κ1) is 28.6. The zero-order valence-corrected chi connectivity index (χ0v) is 21.6. The molecule has 0 aromatic heterocycles. The van der Waals surface area contributed by atoms with Crippen LogP contribution in [0.1, 0.15) is 41.0 Å². The van der Waals surface area contributed by atoms with Gasteiger partial charge >= 0.3 is 0 Å². The number of ether oxygens (including phenoxy) is 4. The summed E-state index contributed by atoms with van der Waals surface area (Å²) >= 11 is 19.5. The van der Waals surface area contributed by atoms with E-state index in [1.54, 1.807) is 0 Å². The van der Waals surface area contributed by atoms with Crippen molar-refractivity contribution in [1.82, 2.24) is 0 Å². The molecule has 164 valence electrons. The second-order valence-electron chi connectivity index (χ2n) is 6.83. The van der Waals surface area contributed by atoms with Gasteiger partial charge in [-0.25, -0.2) is 0 Å². The Bertz CT molecular complexity index is 325. The molecule has 0 aromatic carbocycles. The van der Waals surface area contributed by atoms with Crippen molar-refractivity contribution < 1.29 is 18.9 Å². The summed E-state index contributed by atoms with van der Waals surface area (Å²) in [6.07, 6.45) is 0.550. The van der Waals surface area contributed by atoms with Gasteiger partial charge in [-0.05, 0) is 5.75 Å². The first-order valence-electron chi connectivity index (χ1n) is 9.43. The van der Waals surface area contributed by atoms with Crippen LogP contribution >= 0.6 is 62.3 Å². The first-order chi connectivity index (χ1) is 12.6. The van der Waals surface area contributed by atoms with E-state index in [1.165, 1.54) is 0 Å². The molecule has 0 saturated heterocycles. The fraction of sp³-hybridized carbons (Fsp3) is 1.00. The van der Waals surface area contributed by atoms with Crippen LogP contribution in [0.3, 0.4) is 0 Å². The SMILES string of the molecule is CCSC(COCC(C)S)CC(OCC(C)S)(OCC(C)S)OCC(C)S. The van der Waals surface area contributed by atoms with Gasteiger partial charge in [0.05, 0.1) is 33.0 Å². The summed E-state index contributed by atoms with van der Waals surface area (Å²) in [6, 6.07) is 0. The first-order valence-corrected chi connectivity index (χ1v) is 12.5. The van der Waals surface area contributed by atoms with Crippen LogP contribution in [0.25, 0.3) is 0 Å². The van der Waals surface area contributed by atoms with E-state index in [1.807, 2.05) is 39.5 Å². The van der Waals surface area contributed by atoms with Crippen LogP contribution in [-0.4, -0.2) is 71.0 Å². The van der Waals surface area contributed by atoms with Crippen molar-refractivity contribution in [2.75, 3.05) is 38.8 Å². The minimum atomic E-state index is -1.16. The predicted octanol–water partition coefficient (Wildman–Crippen LogP) is 4.49. The molecule has 0 fully saturated rings. The molecule has 0 N–H and O–H groups in total. The summed E-state index contributed by atoms with van der Waals surface area (Å²) < 4.78 is 24.2. The van der Waals surface area contributed by atoms with Gasteiger partial charge in [0, 0.05) is 32.7 Å². The topological polar surface area (TPSA) is 36.9 Å². The van der Waals surface area contributed by atoms with Crippen LogP contribution in [0.15, 0.2) is 0 Å². The van der Waals surface area contributed by atoms with Crippen molar-refractivity contribution in [3.63, 3.8) is 0 Å². The predicted molar refractivity (Wildman–Crippen MR) is 132 cm³/mol. The van der Waals surface area contributed by atoms with Crippen molar-refractivity contribution in [3.8, 4) is 0 Å². The Morgan fingerprint density at radius 2 is 1.11 bits per heavy atom. The lowest BCUT2D eigenvalue weighted by Crippen LogP contribution is -2.46. The van der Waals surface area contributed by atoms with Gasteiger partial charge in [-0.1, -0.05) is 34.6 Å². The van der Waals surface area contributed by atoms with Gasteiger partial charge in [0.25, 0.3) is 5.97 Å². The molecule has 9 heteroatoms. The number of hydrogen-bond acceptors (Lipinski definition) is 9. The smallest absolute Gasteiger partial charge is 0.284 e. The van der Waals surface area contributed by atoms with Gasteiger partial charge in [-0.15, -0.1) is 0 Å². The van der Waals surface area contributed by atoms with Crippen LogP contribution in [0.5, 0.6) is 0 Å². The second kappa shape index (κ2) is 16.3. The molecule has 0 aliphatic heterocycles. The molecule has 0 aliphatic rings. The summed E-state index contributed by atoms with van der Waals surface area (Å²) in [7, 11) is 0. The van der Waals surface area contributed by atoms with Gasteiger partial charge in [-0.3, -0.25) is 0 Å². The molecule has 0 bridgehead atoms. The molecular weight excluding hydrogens is 441 g/mol. The molecule has 0 saturated carbocycles. The molecule has 27 heavy (non-hydrogen) atoms. The Hall–Kier alpha value is 1.59. The molecule has 5 unspecified atom stereocenters. The van der Waals surface area contributed by atoms with Crippen molar-refractivity contribution in [1.29, 1.82) is 0 Å². The van der Waals surface area contributed by atoms with Gasteiger partial charge in [0.15, 0.2) is 0 Å². The molecule has 4 nitrogen and oxygen atoms in total. The molecule has 0 heterocycles. The lowest BCUT2D eigenvalue weighted by molar-refractivity contribution is -0.382. The highest BCUT2D eigenvalue weighted by molar-refractivity contribution is 7.99. The van der Waals surface area contributed by atoms with Crippen LogP contribution in [0.4, 0.5) is 0 Å². The maximum atomic E-state index is 6.12. The van der Waals surface area contributed by atoms with E-state index in [0.717, 1.165) is 5.75 Å². The maximum Gasteiger partial charge on any atom is 0.284 e. The Kier molecular flexibility index (Phi) is 17.3. The van der Waals surface area contributed by atoms with Crippen molar-refractivity contribution in [2.24, 2.45) is 0 Å². The third kappa shape index (κ3) is 16.0. The standard InChI is InChI=1S/C18H38O4S5/c1-6-27-17(12-19-8-13(2)23)7-18(20-9-14(3)24,21-10-15(4)25)22-11-16(5)26/h13-17,23-26H,6-12H2,1-5H3. The largest absolute Gasteiger partial charge is 0.379 e. The molecule has 0 rings (SSSR count). The highest BCUT2D eigenvalue weighted by atomic mass is 32.2. The lowest BCUT2D eigenvalue weighted by atomic mass is 10.2. The van der Waals surface area contributed by atoms with E-state index in [4.69, 9.17) is 18.9 Å². The van der Waals surface area contributed by atoms with E-state index in [0.29, 0.717) is 39.5 Å². The molecule has 0 radical (unpaired) electrons. The summed E-state index contributed by atoms with van der Waals surface area (Å²) in [5.41, 5.74) is 0. The third-order valence-electron chi connectivity index (χ3n) is 3.18. The third-order valence-corrected chi connectivity index (χ3v) is 4.88. The average molecular weight is 479 g/mol. The monoisotopic (exact) mass is 478 g/mol. The highest BCUT2D eigenvalue weighted by Gasteiger charge is 2.38. The molecule has 0 aromatic rings. The van der Waals surface area contributed by atoms with E-state index >= 15 is 0 Å². The maximum absolute atomic E-state index is 6.12. The van der Waals surface area contributed by atoms with Crippen LogP contribution < -0.4 is 0 Å². The Morgan fingerprint density at radius 3 is 1.44 bits per heavy atom. The van der Waals surface area contributed by atoms with E-state index in [9.17, 15) is 0 Å². The van der Waals surface area contributed by atoms with Crippen LogP contribution in [0, 0.1) is 0 Å². The zero-order valence-electron chi connectivity index (χ0n) is 17.2. The molecule has 0 spiro atoms. The van der Waals surface area contributed by atoms with E-state index in [2.05, 4.69) is 57.4 Å². The van der Waals surface area contributed by atoms with Gasteiger partial charge < -0.3 is 18.9 Å². The van der Waals surface area contributed by atoms with Crippen LogP contribution in [-0.2, 0) is 18.9 Å². The summed E-state index contributed by atoms with van der Waals surface area (Å²) in [5, 5.41) is 0.569. The molecule has 0 amide bonds. The molecular formula is C18H38O4S5. The Morgan fingerprint density at radius 1 is 0.704 bits per heavy atom. The fourth-order valence-corrected chi connectivity index (χ4v) is 3.41. The van der Waals surface area contributed by atoms with E-state index in [-0.39, 0.29) is 26.2 Å². The van der Waals surface area contributed by atoms with Crippen molar-refractivity contribution in [3.05, 3.63) is 0 Å². The summed E-state index contributed by atoms with van der Waals surface area (Å²) in [4.78, 5) is 0. The molecule has 0 aliphatic carbocycles. The van der Waals surface area contributed by atoms with Gasteiger partial charge in [0.1, 0.15) is 0 Å². The average Bonchev–Trinajstić information content (AvgIpc) is 2.55. The number of hydrogen-bond donors (Lipinski definition) is 4. The minimum Gasteiger partial charge on any atom is -0.379 e. The van der Waals surface area contributed by atoms with E-state index < -0.39 is 5.97 Å². The number of thioether (sulfide) groups is 1. The fourth-order valence-electron chi connectivity index (χ4n) is 2.10. The zero-order chi connectivity index (χ0) is 20.9. The van der Waals surface area contributed by atoms with Gasteiger partial charge in [-0.2, -0.15) is 62.3 Å². The number of rotatable bonds is 17. The summed E-state index contributed by atoms with van der Waals surface area (Å²) in [5.74, 6) is -0.191. The highest BCUT2D eigenvalue weighted by Crippen LogP contribution is 2.30. The second-order valence-corrected chi connectivity index (χ2v) is 11.9. The quantitative estimate of drug-likeness (QED) is 0.183. The normalized spacial score (nSPS) is 19.9. The minimum absolute atomic E-state index is 0.0667. The van der Waals surface area contributed by atoms with Gasteiger partial charge in [0.2, 0.25) is 0 Å². The van der Waals surface area contributed by atoms with Crippen molar-refractivity contribution >= 4 is 62.3 Å². The molecule has 5 atom stereocenters. The number of thiol groups is 4. The summed E-state index contributed by atoms with van der Waals surface area (Å²) in [6.45, 7) is 12.5. The Balaban J connectivity index is 5.27. The van der Waals surface area contributed by atoms with Crippen molar-refractivity contribution in [2.45, 2.75) is 73.3 Å².